The van der Waals surface area contributed by atoms with Gasteiger partial charge in [0.05, 0.1) is 4.92 Å². The van der Waals surface area contributed by atoms with Crippen molar-refractivity contribution in [3.8, 4) is 17.2 Å². The molecule has 0 saturated heterocycles. The Morgan fingerprint density at radius 1 is 1.26 bits per heavy atom. The molecule has 0 bridgehead atoms. The molecule has 5 nitrogen and oxygen atoms in total. The molecule has 0 aliphatic heterocycles. The number of nitro benzene ring substituents is 1. The molecule has 19 heavy (non-hydrogen) atoms. The maximum absolute atomic E-state index is 10.9. The number of halogens is 1. The van der Waals surface area contributed by atoms with Crippen LogP contribution < -0.4 is 4.74 Å². The second-order valence-electron chi connectivity index (χ2n) is 3.87. The van der Waals surface area contributed by atoms with Crippen molar-refractivity contribution < 1.29 is 14.8 Å². The quantitative estimate of drug-likeness (QED) is 0.679. The van der Waals surface area contributed by atoms with E-state index in [9.17, 15) is 15.2 Å². The third-order valence-electron chi connectivity index (χ3n) is 2.59. The molecular weight excluding hydrogens is 314 g/mol. The van der Waals surface area contributed by atoms with Crippen LogP contribution in [0.4, 0.5) is 5.69 Å². The average molecular weight is 324 g/mol. The van der Waals surface area contributed by atoms with E-state index in [1.54, 1.807) is 25.1 Å². The molecule has 0 saturated carbocycles. The number of benzene rings is 2. The Morgan fingerprint density at radius 2 is 2.00 bits per heavy atom. The minimum Gasteiger partial charge on any atom is -0.508 e. The van der Waals surface area contributed by atoms with E-state index in [-0.39, 0.29) is 17.2 Å². The summed E-state index contributed by atoms with van der Waals surface area (Å²) in [5.74, 6) is 0.574. The average Bonchev–Trinajstić information content (AvgIpc) is 2.35. The predicted molar refractivity (Wildman–Crippen MR) is 73.7 cm³/mol. The summed E-state index contributed by atoms with van der Waals surface area (Å²) in [4.78, 5) is 10.4. The molecule has 2 aromatic rings. The fraction of sp³-hybridized carbons (Fsp3) is 0.0769. The highest BCUT2D eigenvalue weighted by Crippen LogP contribution is 2.36. The summed E-state index contributed by atoms with van der Waals surface area (Å²) in [5, 5.41) is 20.5. The summed E-state index contributed by atoms with van der Waals surface area (Å²) in [6.45, 7) is 1.68. The molecular formula is C13H10BrNO4. The van der Waals surface area contributed by atoms with E-state index in [2.05, 4.69) is 15.9 Å². The highest BCUT2D eigenvalue weighted by Gasteiger charge is 2.17. The number of hydrogen-bond acceptors (Lipinski definition) is 4. The van der Waals surface area contributed by atoms with Crippen LogP contribution in [0.2, 0.25) is 0 Å². The smallest absolute Gasteiger partial charge is 0.311 e. The third-order valence-corrected chi connectivity index (χ3v) is 3.09. The summed E-state index contributed by atoms with van der Waals surface area (Å²) >= 11 is 3.24. The van der Waals surface area contributed by atoms with Crippen molar-refractivity contribution in [3.05, 3.63) is 56.5 Å². The van der Waals surface area contributed by atoms with E-state index in [0.29, 0.717) is 15.8 Å². The topological polar surface area (TPSA) is 72.6 Å². The van der Waals surface area contributed by atoms with Gasteiger partial charge in [-0.25, -0.2) is 0 Å². The zero-order chi connectivity index (χ0) is 14.0. The molecule has 0 spiro atoms. The van der Waals surface area contributed by atoms with Gasteiger partial charge < -0.3 is 9.84 Å². The van der Waals surface area contributed by atoms with Crippen molar-refractivity contribution in [1.29, 1.82) is 0 Å². The molecule has 2 rings (SSSR count). The van der Waals surface area contributed by atoms with Crippen molar-refractivity contribution in [2.24, 2.45) is 0 Å². The molecule has 1 N–H and O–H groups in total. The summed E-state index contributed by atoms with van der Waals surface area (Å²) in [5.41, 5.74) is 0.391. The number of nitrogens with zero attached hydrogens (tertiary/aromatic N) is 1. The molecule has 6 heteroatoms. The number of hydrogen-bond donors (Lipinski definition) is 1. The maximum Gasteiger partial charge on any atom is 0.311 e. The van der Waals surface area contributed by atoms with Crippen LogP contribution in [-0.2, 0) is 0 Å². The van der Waals surface area contributed by atoms with Crippen LogP contribution in [0.1, 0.15) is 5.56 Å². The fourth-order valence-electron chi connectivity index (χ4n) is 1.55. The minimum atomic E-state index is -0.514. The lowest BCUT2D eigenvalue weighted by Gasteiger charge is -2.10. The van der Waals surface area contributed by atoms with Gasteiger partial charge in [-0.2, -0.15) is 0 Å². The summed E-state index contributed by atoms with van der Waals surface area (Å²) in [7, 11) is 0. The van der Waals surface area contributed by atoms with Crippen LogP contribution in [0.5, 0.6) is 17.2 Å². The molecule has 0 aliphatic carbocycles. The molecule has 0 aliphatic rings. The number of nitro groups is 1. The highest BCUT2D eigenvalue weighted by atomic mass is 79.9. The summed E-state index contributed by atoms with van der Waals surface area (Å²) < 4.78 is 6.20. The maximum atomic E-state index is 10.9. The van der Waals surface area contributed by atoms with Crippen molar-refractivity contribution in [2.75, 3.05) is 0 Å². The van der Waals surface area contributed by atoms with Crippen LogP contribution in [0.25, 0.3) is 0 Å². The first-order chi connectivity index (χ1) is 8.99. The summed E-state index contributed by atoms with van der Waals surface area (Å²) in [6.07, 6.45) is 0. The van der Waals surface area contributed by atoms with Crippen LogP contribution >= 0.6 is 15.9 Å². The lowest BCUT2D eigenvalue weighted by Crippen LogP contribution is -1.94. The Balaban J connectivity index is 2.45. The molecule has 0 radical (unpaired) electrons. The van der Waals surface area contributed by atoms with E-state index < -0.39 is 4.92 Å². The van der Waals surface area contributed by atoms with E-state index >= 15 is 0 Å². The third kappa shape index (κ3) is 2.85. The Bertz CT molecular complexity index is 643. The van der Waals surface area contributed by atoms with Crippen LogP contribution in [0.3, 0.4) is 0 Å². The van der Waals surface area contributed by atoms with Gasteiger partial charge in [0.1, 0.15) is 11.5 Å². The first-order valence-electron chi connectivity index (χ1n) is 5.39. The first kappa shape index (κ1) is 13.4. The molecule has 0 atom stereocenters. The lowest BCUT2D eigenvalue weighted by atomic mass is 10.2. The second-order valence-corrected chi connectivity index (χ2v) is 4.79. The number of aromatic hydroxyl groups is 1. The largest absolute Gasteiger partial charge is 0.508 e. The minimum absolute atomic E-state index is 0.0788. The van der Waals surface area contributed by atoms with E-state index in [0.717, 1.165) is 0 Å². The standard InChI is InChI=1S/C13H10BrNO4/c1-8-11(16)3-2-4-12(8)19-13-7-9(14)5-6-10(13)15(17)18/h2-7,16H,1H3. The second kappa shape index (κ2) is 5.27. The van der Waals surface area contributed by atoms with Gasteiger partial charge in [-0.15, -0.1) is 0 Å². The SMILES string of the molecule is Cc1c(O)cccc1Oc1cc(Br)ccc1[N+](=O)[O-]. The van der Waals surface area contributed by atoms with E-state index in [1.165, 1.54) is 18.2 Å². The monoisotopic (exact) mass is 323 g/mol. The number of rotatable bonds is 3. The molecule has 2 aromatic carbocycles. The van der Waals surface area contributed by atoms with Gasteiger partial charge in [0.25, 0.3) is 0 Å². The van der Waals surface area contributed by atoms with Crippen LogP contribution in [0, 0.1) is 17.0 Å². The number of phenols is 1. The molecule has 0 heterocycles. The van der Waals surface area contributed by atoms with Crippen LogP contribution in [-0.4, -0.2) is 10.0 Å². The Kier molecular flexibility index (Phi) is 3.71. The molecule has 0 amide bonds. The zero-order valence-electron chi connectivity index (χ0n) is 9.96. The first-order valence-corrected chi connectivity index (χ1v) is 6.18. The summed E-state index contributed by atoms with van der Waals surface area (Å²) in [6, 6.07) is 9.22. The van der Waals surface area contributed by atoms with Gasteiger partial charge in [0, 0.05) is 22.2 Å². The highest BCUT2D eigenvalue weighted by molar-refractivity contribution is 9.10. The Morgan fingerprint density at radius 3 is 2.68 bits per heavy atom. The number of ether oxygens (including phenoxy) is 1. The molecule has 0 fully saturated rings. The normalized spacial score (nSPS) is 10.2. The van der Waals surface area contributed by atoms with E-state index in [1.807, 2.05) is 0 Å². The van der Waals surface area contributed by atoms with Crippen molar-refractivity contribution in [1.82, 2.24) is 0 Å². The van der Waals surface area contributed by atoms with Crippen LogP contribution in [0.15, 0.2) is 40.9 Å². The molecule has 0 aromatic heterocycles. The Hall–Kier alpha value is -2.08. The van der Waals surface area contributed by atoms with Crippen molar-refractivity contribution >= 4 is 21.6 Å². The van der Waals surface area contributed by atoms with Crippen molar-refractivity contribution in [3.63, 3.8) is 0 Å². The van der Waals surface area contributed by atoms with Gasteiger partial charge in [0.2, 0.25) is 5.75 Å². The zero-order valence-corrected chi connectivity index (χ0v) is 11.5. The lowest BCUT2D eigenvalue weighted by molar-refractivity contribution is -0.385. The number of phenolic OH excluding ortho intramolecular Hbond substituents is 1. The van der Waals surface area contributed by atoms with Gasteiger partial charge in [0.15, 0.2) is 0 Å². The van der Waals surface area contributed by atoms with Gasteiger partial charge >= 0.3 is 5.69 Å². The molecule has 0 unspecified atom stereocenters. The van der Waals surface area contributed by atoms with Gasteiger partial charge in [-0.05, 0) is 25.1 Å². The molecule has 98 valence electrons. The van der Waals surface area contributed by atoms with Crippen molar-refractivity contribution in [2.45, 2.75) is 6.92 Å². The predicted octanol–water partition coefficient (Wildman–Crippen LogP) is 4.16. The van der Waals surface area contributed by atoms with Gasteiger partial charge in [-0.3, -0.25) is 10.1 Å². The van der Waals surface area contributed by atoms with E-state index in [4.69, 9.17) is 4.74 Å². The Labute approximate surface area is 117 Å². The fourth-order valence-corrected chi connectivity index (χ4v) is 1.89. The van der Waals surface area contributed by atoms with Gasteiger partial charge in [-0.1, -0.05) is 22.0 Å².